The zero-order chi connectivity index (χ0) is 32.0. The molecule has 1 aliphatic heterocycles. The Kier molecular flexibility index (Phi) is 9.29. The van der Waals surface area contributed by atoms with Gasteiger partial charge < -0.3 is 19.9 Å². The number of aromatic nitrogens is 5. The van der Waals surface area contributed by atoms with Gasteiger partial charge >= 0.3 is 0 Å². The van der Waals surface area contributed by atoms with Crippen molar-refractivity contribution in [3.05, 3.63) is 138 Å². The lowest BCUT2D eigenvalue weighted by Gasteiger charge is -2.36. The first kappa shape index (κ1) is 30.7. The predicted molar refractivity (Wildman–Crippen MR) is 178 cm³/mol. The lowest BCUT2D eigenvalue weighted by atomic mass is 9.97. The lowest BCUT2D eigenvalue weighted by molar-refractivity contribution is -0.245. The van der Waals surface area contributed by atoms with Crippen molar-refractivity contribution < 1.29 is 19.4 Å². The average Bonchev–Trinajstić information content (AvgIpc) is 3.67. The zero-order valence-corrected chi connectivity index (χ0v) is 26.1. The van der Waals surface area contributed by atoms with Gasteiger partial charge in [-0.05, 0) is 39.9 Å². The maximum Gasteiger partial charge on any atom is 0.271 e. The number of aromatic amines is 1. The summed E-state index contributed by atoms with van der Waals surface area (Å²) >= 11 is 1.56. The van der Waals surface area contributed by atoms with Gasteiger partial charge in [-0.2, -0.15) is 5.10 Å². The van der Waals surface area contributed by atoms with Crippen molar-refractivity contribution in [2.45, 2.75) is 43.2 Å². The Hall–Kier alpha value is -4.94. The number of hydrogen-bond acceptors (Lipinski definition) is 9. The van der Waals surface area contributed by atoms with E-state index < -0.39 is 6.29 Å². The number of aliphatic hydroxyl groups is 1. The van der Waals surface area contributed by atoms with Crippen LogP contribution in [-0.4, -0.2) is 48.0 Å². The number of hydrogen-bond donors (Lipinski definition) is 3. The number of rotatable bonds is 10. The maximum absolute atomic E-state index is 13.0. The van der Waals surface area contributed by atoms with Crippen LogP contribution in [0.15, 0.2) is 115 Å². The minimum atomic E-state index is -0.571. The minimum absolute atomic E-state index is 0.00499. The quantitative estimate of drug-likeness (QED) is 0.150. The fourth-order valence-electron chi connectivity index (χ4n) is 5.57. The third-order valence-electron chi connectivity index (χ3n) is 8.05. The average molecular weight is 645 g/mol. The van der Waals surface area contributed by atoms with Crippen molar-refractivity contribution in [2.75, 3.05) is 5.75 Å². The number of carbonyl (C=O) groups is 1. The smallest absolute Gasteiger partial charge is 0.271 e. The van der Waals surface area contributed by atoms with Crippen molar-refractivity contribution in [3.63, 3.8) is 0 Å². The number of H-pyrrole nitrogens is 1. The highest BCUT2D eigenvalue weighted by Gasteiger charge is 2.32. The topological polar surface area (TPSA) is 135 Å². The van der Waals surface area contributed by atoms with Gasteiger partial charge in [-0.3, -0.25) is 14.9 Å². The number of thioether (sulfide) groups is 1. The van der Waals surface area contributed by atoms with Crippen LogP contribution in [-0.2, 0) is 22.6 Å². The van der Waals surface area contributed by atoms with E-state index in [1.165, 1.54) is 12.5 Å². The van der Waals surface area contributed by atoms with E-state index >= 15 is 0 Å². The van der Waals surface area contributed by atoms with Crippen molar-refractivity contribution in [1.82, 2.24) is 30.5 Å². The van der Waals surface area contributed by atoms with Crippen LogP contribution in [0.5, 0.6) is 0 Å². The molecule has 0 aliphatic carbocycles. The summed E-state index contributed by atoms with van der Waals surface area (Å²) in [4.78, 5) is 26.0. The number of fused-ring (bicyclic) bond motifs is 1. The summed E-state index contributed by atoms with van der Waals surface area (Å²) in [6.45, 7) is 0.330. The summed E-state index contributed by atoms with van der Waals surface area (Å²) in [6, 6.07) is 31.5. The van der Waals surface area contributed by atoms with Crippen LogP contribution in [0.4, 0.5) is 0 Å². The van der Waals surface area contributed by atoms with E-state index in [9.17, 15) is 9.90 Å². The molecule has 236 valence electrons. The standard InChI is InChI=1S/C36H32N6O4S/c43-20-23-9-11-25(12-10-23)33-17-28(21-47-36-39-22-40-42-36)45-35(46-33)26-15-13-24(14-16-26)29-6-2-1-5-27(29)18-38-34(44)32-19-37-30-7-3-4-8-31(30)41-32/h1-16,19,22,28,33,35,43H,17-18,20-21H2,(H,38,44)(H,39,40,42)/t28-,33+,35+/m1/s1. The van der Waals surface area contributed by atoms with Gasteiger partial charge in [0.2, 0.25) is 0 Å². The number of amides is 1. The summed E-state index contributed by atoms with van der Waals surface area (Å²) in [5.41, 5.74) is 7.49. The third-order valence-corrected chi connectivity index (χ3v) is 9.05. The SMILES string of the molecule is O=C(NCc1ccccc1-c1ccc([C@H]2O[C@@H](CSc3ncn[nH]3)C[C@@H](c3ccc(CO)cc3)O2)cc1)c1cnc2ccccc2n1. The van der Waals surface area contributed by atoms with Crippen LogP contribution in [0.1, 0.15) is 51.6 Å². The molecule has 3 heterocycles. The first-order valence-corrected chi connectivity index (χ1v) is 16.3. The number of nitrogens with zero attached hydrogens (tertiary/aromatic N) is 4. The fraction of sp³-hybridized carbons (Fsp3) is 0.194. The van der Waals surface area contributed by atoms with Crippen molar-refractivity contribution >= 4 is 28.7 Å². The second-order valence-corrected chi connectivity index (χ2v) is 12.2. The molecule has 0 spiro atoms. The number of ether oxygens (including phenoxy) is 2. The maximum atomic E-state index is 13.0. The molecular formula is C36H32N6O4S. The van der Waals surface area contributed by atoms with Crippen LogP contribution in [0.3, 0.4) is 0 Å². The second-order valence-electron chi connectivity index (χ2n) is 11.2. The Balaban J connectivity index is 1.07. The summed E-state index contributed by atoms with van der Waals surface area (Å²) in [7, 11) is 0. The molecule has 4 aromatic carbocycles. The van der Waals surface area contributed by atoms with Crippen molar-refractivity contribution in [3.8, 4) is 11.1 Å². The minimum Gasteiger partial charge on any atom is -0.392 e. The lowest BCUT2D eigenvalue weighted by Crippen LogP contribution is -2.31. The first-order valence-electron chi connectivity index (χ1n) is 15.3. The Morgan fingerprint density at radius 1 is 0.894 bits per heavy atom. The number of aliphatic hydroxyl groups excluding tert-OH is 1. The molecule has 7 rings (SSSR count). The molecule has 0 unspecified atom stereocenters. The van der Waals surface area contributed by atoms with Gasteiger partial charge in [0.25, 0.3) is 5.91 Å². The summed E-state index contributed by atoms with van der Waals surface area (Å²) in [6.07, 6.45) is 2.83. The molecule has 1 amide bonds. The molecule has 11 heteroatoms. The van der Waals surface area contributed by atoms with Crippen LogP contribution < -0.4 is 5.32 Å². The van der Waals surface area contributed by atoms with Crippen LogP contribution in [0, 0.1) is 0 Å². The number of benzene rings is 4. The fourth-order valence-corrected chi connectivity index (χ4v) is 6.36. The van der Waals surface area contributed by atoms with E-state index in [0.29, 0.717) is 24.2 Å². The molecule has 0 saturated carbocycles. The van der Waals surface area contributed by atoms with E-state index in [1.807, 2.05) is 84.9 Å². The van der Waals surface area contributed by atoms with Gasteiger partial charge in [0.1, 0.15) is 12.0 Å². The van der Waals surface area contributed by atoms with Crippen molar-refractivity contribution in [2.24, 2.45) is 0 Å². The van der Waals surface area contributed by atoms with E-state index in [2.05, 4.69) is 42.6 Å². The Morgan fingerprint density at radius 3 is 2.45 bits per heavy atom. The predicted octanol–water partition coefficient (Wildman–Crippen LogP) is 6.17. The molecule has 1 aliphatic rings. The molecular weight excluding hydrogens is 613 g/mol. The zero-order valence-electron chi connectivity index (χ0n) is 25.3. The molecule has 0 bridgehead atoms. The van der Waals surface area contributed by atoms with E-state index in [4.69, 9.17) is 9.47 Å². The molecule has 1 fully saturated rings. The number of carbonyl (C=O) groups excluding carboxylic acids is 1. The molecule has 1 saturated heterocycles. The highest BCUT2D eigenvalue weighted by molar-refractivity contribution is 7.99. The van der Waals surface area contributed by atoms with Gasteiger partial charge in [-0.15, -0.1) is 0 Å². The van der Waals surface area contributed by atoms with Gasteiger partial charge in [0.15, 0.2) is 11.4 Å². The van der Waals surface area contributed by atoms with Gasteiger partial charge in [-0.1, -0.05) is 96.7 Å². The molecule has 3 N–H and O–H groups in total. The number of para-hydroxylation sites is 2. The van der Waals surface area contributed by atoms with Crippen LogP contribution in [0.2, 0.25) is 0 Å². The Labute approximate surface area is 275 Å². The van der Waals surface area contributed by atoms with Gasteiger partial charge in [-0.25, -0.2) is 9.97 Å². The molecule has 2 aromatic heterocycles. The number of nitrogens with one attached hydrogen (secondary N) is 2. The Bertz CT molecular complexity index is 1950. The van der Waals surface area contributed by atoms with E-state index in [1.54, 1.807) is 11.8 Å². The molecule has 0 radical (unpaired) electrons. The summed E-state index contributed by atoms with van der Waals surface area (Å²) in [5.74, 6) is 0.402. The highest BCUT2D eigenvalue weighted by atomic mass is 32.2. The molecule has 47 heavy (non-hydrogen) atoms. The monoisotopic (exact) mass is 644 g/mol. The van der Waals surface area contributed by atoms with E-state index in [0.717, 1.165) is 44.1 Å². The van der Waals surface area contributed by atoms with Crippen LogP contribution >= 0.6 is 11.8 Å². The van der Waals surface area contributed by atoms with E-state index in [-0.39, 0.29) is 30.4 Å². The van der Waals surface area contributed by atoms with Gasteiger partial charge in [0, 0.05) is 24.3 Å². The highest BCUT2D eigenvalue weighted by Crippen LogP contribution is 2.39. The van der Waals surface area contributed by atoms with Crippen LogP contribution in [0.25, 0.3) is 22.2 Å². The van der Waals surface area contributed by atoms with Gasteiger partial charge in [0.05, 0.1) is 36.0 Å². The molecule has 6 aromatic rings. The molecule has 10 nitrogen and oxygen atoms in total. The second kappa shape index (κ2) is 14.2. The normalized spacial score (nSPS) is 17.9. The largest absolute Gasteiger partial charge is 0.392 e. The first-order chi connectivity index (χ1) is 23.1. The molecule has 3 atom stereocenters. The Morgan fingerprint density at radius 2 is 1.66 bits per heavy atom. The third kappa shape index (κ3) is 7.23. The summed E-state index contributed by atoms with van der Waals surface area (Å²) in [5, 5.41) is 20.1. The summed E-state index contributed by atoms with van der Waals surface area (Å²) < 4.78 is 13.0. The van der Waals surface area contributed by atoms with Crippen molar-refractivity contribution in [1.29, 1.82) is 0 Å².